The van der Waals surface area contributed by atoms with Crippen LogP contribution in [0.5, 0.6) is 0 Å². The second kappa shape index (κ2) is 11.4. The second-order valence-electron chi connectivity index (χ2n) is 11.6. The molecule has 0 amide bonds. The molecule has 0 bridgehead atoms. The lowest BCUT2D eigenvalue weighted by Crippen LogP contribution is -2.36. The van der Waals surface area contributed by atoms with Gasteiger partial charge in [0.05, 0.1) is 47.0 Å². The van der Waals surface area contributed by atoms with E-state index < -0.39 is 40.3 Å². The van der Waals surface area contributed by atoms with Crippen LogP contribution in [0.25, 0.3) is 22.3 Å². The third-order valence-electron chi connectivity index (χ3n) is 8.36. The van der Waals surface area contributed by atoms with Gasteiger partial charge < -0.3 is 18.7 Å². The third kappa shape index (κ3) is 5.70. The van der Waals surface area contributed by atoms with E-state index in [0.717, 1.165) is 12.1 Å². The Kier molecular flexibility index (Phi) is 7.72. The van der Waals surface area contributed by atoms with Gasteiger partial charge in [0, 0.05) is 24.7 Å². The number of aromatic nitrogens is 3. The van der Waals surface area contributed by atoms with Gasteiger partial charge >= 0.3 is 6.18 Å². The van der Waals surface area contributed by atoms with Crippen LogP contribution in [0.2, 0.25) is 0 Å². The standard InChI is InChI=1S/C33H29F5N4O3/c1-19(20-4-6-22(7-5-20)33(36,37)38)42-18-25(30-39-31(45-40-30)32(2,3)21-8-10-23(34)11-9-21)29(43)24-16-26(35)28(17-27(24)42)41-12-14-44-15-13-41/h4-11,16-19H,12-15H2,1-3H3/t19-/m1/s1. The van der Waals surface area contributed by atoms with E-state index in [4.69, 9.17) is 9.26 Å². The molecule has 0 unspecified atom stereocenters. The van der Waals surface area contributed by atoms with Crippen LogP contribution in [0.4, 0.5) is 27.6 Å². The average Bonchev–Trinajstić information content (AvgIpc) is 3.52. The van der Waals surface area contributed by atoms with Crippen molar-refractivity contribution >= 4 is 16.6 Å². The largest absolute Gasteiger partial charge is 0.416 e. The lowest BCUT2D eigenvalue weighted by atomic mass is 9.84. The van der Waals surface area contributed by atoms with Gasteiger partial charge in [0.2, 0.25) is 17.1 Å². The summed E-state index contributed by atoms with van der Waals surface area (Å²) in [6, 6.07) is 12.8. The molecule has 1 saturated heterocycles. The first kappa shape index (κ1) is 30.4. The molecule has 3 heterocycles. The van der Waals surface area contributed by atoms with Gasteiger partial charge in [0.25, 0.3) is 0 Å². The molecule has 7 nitrogen and oxygen atoms in total. The summed E-state index contributed by atoms with van der Waals surface area (Å²) in [6.07, 6.45) is -2.98. The van der Waals surface area contributed by atoms with Crippen LogP contribution in [0.15, 0.2) is 76.2 Å². The molecule has 0 N–H and O–H groups in total. The van der Waals surface area contributed by atoms with E-state index in [1.165, 1.54) is 36.5 Å². The number of morpholine rings is 1. The summed E-state index contributed by atoms with van der Waals surface area (Å²) < 4.78 is 81.7. The van der Waals surface area contributed by atoms with E-state index in [1.807, 2.05) is 18.7 Å². The van der Waals surface area contributed by atoms with Crippen molar-refractivity contribution in [3.05, 3.63) is 111 Å². The van der Waals surface area contributed by atoms with Crippen LogP contribution in [0, 0.1) is 11.6 Å². The van der Waals surface area contributed by atoms with Crippen LogP contribution in [0.1, 0.15) is 49.4 Å². The summed E-state index contributed by atoms with van der Waals surface area (Å²) in [4.78, 5) is 20.2. The predicted molar refractivity (Wildman–Crippen MR) is 158 cm³/mol. The van der Waals surface area contributed by atoms with Crippen LogP contribution >= 0.6 is 0 Å². The zero-order chi connectivity index (χ0) is 32.1. The first-order chi connectivity index (χ1) is 21.3. The number of hydrogen-bond acceptors (Lipinski definition) is 6. The number of hydrogen-bond donors (Lipinski definition) is 0. The molecule has 1 atom stereocenters. The van der Waals surface area contributed by atoms with E-state index in [9.17, 15) is 22.4 Å². The molecule has 45 heavy (non-hydrogen) atoms. The summed E-state index contributed by atoms with van der Waals surface area (Å²) in [6.45, 7) is 7.13. The monoisotopic (exact) mass is 624 g/mol. The van der Waals surface area contributed by atoms with Gasteiger partial charge in [-0.1, -0.05) is 29.4 Å². The van der Waals surface area contributed by atoms with Crippen molar-refractivity contribution in [1.29, 1.82) is 0 Å². The van der Waals surface area contributed by atoms with E-state index in [-0.39, 0.29) is 28.4 Å². The van der Waals surface area contributed by atoms with Gasteiger partial charge in [-0.25, -0.2) is 8.78 Å². The Morgan fingerprint density at radius 1 is 0.911 bits per heavy atom. The summed E-state index contributed by atoms with van der Waals surface area (Å²) in [5, 5.41) is 4.12. The van der Waals surface area contributed by atoms with Crippen molar-refractivity contribution in [2.24, 2.45) is 0 Å². The fourth-order valence-electron chi connectivity index (χ4n) is 5.57. The Morgan fingerprint density at radius 3 is 2.20 bits per heavy atom. The Hall–Kier alpha value is -4.58. The maximum absolute atomic E-state index is 15.6. The molecule has 12 heteroatoms. The molecule has 1 aliphatic heterocycles. The van der Waals surface area contributed by atoms with Crippen molar-refractivity contribution in [1.82, 2.24) is 14.7 Å². The quantitative estimate of drug-likeness (QED) is 0.187. The Labute approximate surface area is 254 Å². The first-order valence-corrected chi connectivity index (χ1v) is 14.3. The first-order valence-electron chi connectivity index (χ1n) is 14.3. The fraction of sp³-hybridized carbons (Fsp3) is 0.303. The molecule has 2 aromatic heterocycles. The zero-order valence-electron chi connectivity index (χ0n) is 24.7. The molecular formula is C33H29F5N4O3. The molecule has 6 rings (SSSR count). The summed E-state index contributed by atoms with van der Waals surface area (Å²) in [5.74, 6) is -0.875. The highest BCUT2D eigenvalue weighted by Crippen LogP contribution is 2.35. The lowest BCUT2D eigenvalue weighted by Gasteiger charge is -2.30. The zero-order valence-corrected chi connectivity index (χ0v) is 24.7. The maximum atomic E-state index is 15.6. The summed E-state index contributed by atoms with van der Waals surface area (Å²) in [5.41, 5.74) is -0.259. The maximum Gasteiger partial charge on any atom is 0.416 e. The Bertz CT molecular complexity index is 1910. The molecule has 1 fully saturated rings. The highest BCUT2D eigenvalue weighted by atomic mass is 19.4. The topological polar surface area (TPSA) is 73.4 Å². The number of ether oxygens (including phenoxy) is 1. The van der Waals surface area contributed by atoms with E-state index in [1.54, 1.807) is 29.7 Å². The molecule has 0 spiro atoms. The number of rotatable bonds is 6. The molecule has 0 saturated carbocycles. The van der Waals surface area contributed by atoms with Crippen molar-refractivity contribution in [2.75, 3.05) is 31.2 Å². The molecule has 0 aliphatic carbocycles. The van der Waals surface area contributed by atoms with Crippen LogP contribution in [0.3, 0.4) is 0 Å². The number of halogens is 5. The van der Waals surface area contributed by atoms with Crippen molar-refractivity contribution < 1.29 is 31.2 Å². The number of nitrogens with zero attached hydrogens (tertiary/aromatic N) is 4. The predicted octanol–water partition coefficient (Wildman–Crippen LogP) is 7.12. The molecule has 5 aromatic rings. The highest BCUT2D eigenvalue weighted by molar-refractivity contribution is 5.86. The van der Waals surface area contributed by atoms with Crippen molar-refractivity contribution in [3.63, 3.8) is 0 Å². The number of anilines is 1. The normalized spacial score (nSPS) is 15.1. The van der Waals surface area contributed by atoms with Crippen LogP contribution in [-0.2, 0) is 16.3 Å². The van der Waals surface area contributed by atoms with Gasteiger partial charge in [-0.3, -0.25) is 4.79 Å². The van der Waals surface area contributed by atoms with Gasteiger partial charge in [0.1, 0.15) is 11.6 Å². The summed E-state index contributed by atoms with van der Waals surface area (Å²) >= 11 is 0. The Morgan fingerprint density at radius 2 is 1.56 bits per heavy atom. The SMILES string of the molecule is C[C@H](c1ccc(C(F)(F)F)cc1)n1cc(-c2noc(C(C)(C)c3ccc(F)cc3)n2)c(=O)c2cc(F)c(N3CCOCC3)cc21. The average molecular weight is 625 g/mol. The van der Waals surface area contributed by atoms with Gasteiger partial charge in [-0.05, 0) is 68.3 Å². The lowest BCUT2D eigenvalue weighted by molar-refractivity contribution is -0.137. The minimum absolute atomic E-state index is 0.0182. The second-order valence-corrected chi connectivity index (χ2v) is 11.6. The Balaban J connectivity index is 1.50. The number of pyridine rings is 1. The number of fused-ring (bicyclic) bond motifs is 1. The molecule has 234 valence electrons. The van der Waals surface area contributed by atoms with Crippen LogP contribution < -0.4 is 10.3 Å². The summed E-state index contributed by atoms with van der Waals surface area (Å²) in [7, 11) is 0. The third-order valence-corrected chi connectivity index (χ3v) is 8.36. The highest BCUT2D eigenvalue weighted by Gasteiger charge is 2.32. The van der Waals surface area contributed by atoms with Crippen molar-refractivity contribution in [3.8, 4) is 11.4 Å². The fourth-order valence-corrected chi connectivity index (χ4v) is 5.57. The molecule has 1 aliphatic rings. The van der Waals surface area contributed by atoms with Gasteiger partial charge in [0.15, 0.2) is 0 Å². The minimum Gasteiger partial charge on any atom is -0.378 e. The molecular weight excluding hydrogens is 595 g/mol. The van der Waals surface area contributed by atoms with Crippen molar-refractivity contribution in [2.45, 2.75) is 38.4 Å². The van der Waals surface area contributed by atoms with E-state index in [2.05, 4.69) is 10.1 Å². The van der Waals surface area contributed by atoms with Crippen LogP contribution in [-0.4, -0.2) is 41.0 Å². The van der Waals surface area contributed by atoms with E-state index >= 15 is 4.39 Å². The van der Waals surface area contributed by atoms with E-state index in [0.29, 0.717) is 42.9 Å². The van der Waals surface area contributed by atoms with Gasteiger partial charge in [-0.2, -0.15) is 18.2 Å². The molecule has 3 aromatic carbocycles. The molecule has 0 radical (unpaired) electrons. The van der Waals surface area contributed by atoms with Gasteiger partial charge in [-0.15, -0.1) is 0 Å². The minimum atomic E-state index is -4.50. The smallest absolute Gasteiger partial charge is 0.378 e. The number of alkyl halides is 3. The number of benzene rings is 3.